The van der Waals surface area contributed by atoms with Crippen molar-refractivity contribution in [3.8, 4) is 6.07 Å². The lowest BCUT2D eigenvalue weighted by Gasteiger charge is -2.07. The Balaban J connectivity index is 1.71. The SMILES string of the molecule is Cc1ccc(CNC(=O)Cn2cc(C#N)c3ccccc32)cc1. The van der Waals surface area contributed by atoms with Crippen molar-refractivity contribution in [1.29, 1.82) is 5.26 Å². The number of hydrogen-bond acceptors (Lipinski definition) is 2. The lowest BCUT2D eigenvalue weighted by atomic mass is 10.1. The molecule has 4 nitrogen and oxygen atoms in total. The Labute approximate surface area is 135 Å². The van der Waals surface area contributed by atoms with Gasteiger partial charge < -0.3 is 9.88 Å². The van der Waals surface area contributed by atoms with Crippen LogP contribution >= 0.6 is 0 Å². The van der Waals surface area contributed by atoms with E-state index < -0.39 is 0 Å². The standard InChI is InChI=1S/C19H17N3O/c1-14-6-8-15(9-7-14)11-21-19(23)13-22-12-16(10-20)17-4-2-3-5-18(17)22/h2-9,12H,11,13H2,1H3,(H,21,23). The zero-order valence-electron chi connectivity index (χ0n) is 12.9. The number of carbonyl (C=O) groups is 1. The molecule has 0 atom stereocenters. The van der Waals surface area contributed by atoms with Crippen LogP contribution < -0.4 is 5.32 Å². The summed E-state index contributed by atoms with van der Waals surface area (Å²) in [7, 11) is 0. The molecule has 3 aromatic rings. The van der Waals surface area contributed by atoms with Gasteiger partial charge in [0.25, 0.3) is 0 Å². The number of carbonyl (C=O) groups excluding carboxylic acids is 1. The van der Waals surface area contributed by atoms with Gasteiger partial charge >= 0.3 is 0 Å². The summed E-state index contributed by atoms with van der Waals surface area (Å²) in [6, 6.07) is 17.9. The Morgan fingerprint density at radius 3 is 2.65 bits per heavy atom. The van der Waals surface area contributed by atoms with E-state index in [0.29, 0.717) is 12.1 Å². The van der Waals surface area contributed by atoms with Crippen LogP contribution in [0.15, 0.2) is 54.7 Å². The summed E-state index contributed by atoms with van der Waals surface area (Å²) < 4.78 is 1.82. The van der Waals surface area contributed by atoms with E-state index in [0.717, 1.165) is 16.5 Å². The predicted molar refractivity (Wildman–Crippen MR) is 89.7 cm³/mol. The Morgan fingerprint density at radius 1 is 1.17 bits per heavy atom. The van der Waals surface area contributed by atoms with Crippen LogP contribution in [0.1, 0.15) is 16.7 Å². The van der Waals surface area contributed by atoms with Crippen molar-refractivity contribution in [3.05, 3.63) is 71.4 Å². The number of hydrogen-bond donors (Lipinski definition) is 1. The Bertz CT molecular complexity index is 885. The summed E-state index contributed by atoms with van der Waals surface area (Å²) in [6.45, 7) is 2.74. The lowest BCUT2D eigenvalue weighted by molar-refractivity contribution is -0.121. The number of benzene rings is 2. The fourth-order valence-electron chi connectivity index (χ4n) is 2.58. The van der Waals surface area contributed by atoms with Gasteiger partial charge in [-0.05, 0) is 18.6 Å². The molecule has 23 heavy (non-hydrogen) atoms. The van der Waals surface area contributed by atoms with Gasteiger partial charge in [-0.25, -0.2) is 0 Å². The molecule has 2 aromatic carbocycles. The van der Waals surface area contributed by atoms with E-state index in [-0.39, 0.29) is 12.5 Å². The molecule has 0 saturated heterocycles. The van der Waals surface area contributed by atoms with Crippen molar-refractivity contribution in [2.24, 2.45) is 0 Å². The molecule has 0 unspecified atom stereocenters. The van der Waals surface area contributed by atoms with Crippen molar-refractivity contribution >= 4 is 16.8 Å². The first-order valence-electron chi connectivity index (χ1n) is 7.47. The second-order valence-electron chi connectivity index (χ2n) is 5.56. The van der Waals surface area contributed by atoms with E-state index in [1.165, 1.54) is 5.56 Å². The summed E-state index contributed by atoms with van der Waals surface area (Å²) in [5, 5.41) is 13.0. The molecule has 1 N–H and O–H groups in total. The molecule has 0 aliphatic heterocycles. The molecule has 0 spiro atoms. The third-order valence-electron chi connectivity index (χ3n) is 3.83. The smallest absolute Gasteiger partial charge is 0.240 e. The third kappa shape index (κ3) is 3.24. The minimum atomic E-state index is -0.0733. The maximum Gasteiger partial charge on any atom is 0.240 e. The Morgan fingerprint density at radius 2 is 1.91 bits per heavy atom. The van der Waals surface area contributed by atoms with Gasteiger partial charge in [0.1, 0.15) is 12.6 Å². The van der Waals surface area contributed by atoms with Crippen LogP contribution in [0, 0.1) is 18.3 Å². The number of rotatable bonds is 4. The fraction of sp³-hybridized carbons (Fsp3) is 0.158. The van der Waals surface area contributed by atoms with Crippen molar-refractivity contribution in [2.45, 2.75) is 20.0 Å². The number of aryl methyl sites for hydroxylation is 1. The summed E-state index contributed by atoms with van der Waals surface area (Å²) in [6.07, 6.45) is 1.73. The maximum atomic E-state index is 12.2. The number of aromatic nitrogens is 1. The number of fused-ring (bicyclic) bond motifs is 1. The molecule has 1 aromatic heterocycles. The highest BCUT2D eigenvalue weighted by Crippen LogP contribution is 2.20. The van der Waals surface area contributed by atoms with Crippen molar-refractivity contribution in [1.82, 2.24) is 9.88 Å². The van der Waals surface area contributed by atoms with Gasteiger partial charge in [-0.3, -0.25) is 4.79 Å². The topological polar surface area (TPSA) is 57.8 Å². The van der Waals surface area contributed by atoms with Gasteiger partial charge in [-0.1, -0.05) is 48.0 Å². The first kappa shape index (κ1) is 14.9. The summed E-state index contributed by atoms with van der Waals surface area (Å²) in [5.41, 5.74) is 3.75. The molecule has 1 heterocycles. The van der Waals surface area contributed by atoms with Gasteiger partial charge in [-0.2, -0.15) is 5.26 Å². The van der Waals surface area contributed by atoms with Crippen molar-refractivity contribution < 1.29 is 4.79 Å². The van der Waals surface area contributed by atoms with Crippen LogP contribution in [-0.2, 0) is 17.9 Å². The minimum absolute atomic E-state index is 0.0733. The zero-order chi connectivity index (χ0) is 16.2. The first-order chi connectivity index (χ1) is 11.2. The molecular weight excluding hydrogens is 286 g/mol. The Kier molecular flexibility index (Phi) is 4.11. The van der Waals surface area contributed by atoms with E-state index in [1.807, 2.05) is 60.0 Å². The monoisotopic (exact) mass is 303 g/mol. The summed E-state index contributed by atoms with van der Waals surface area (Å²) in [4.78, 5) is 12.2. The van der Waals surface area contributed by atoms with Crippen molar-refractivity contribution in [2.75, 3.05) is 0 Å². The van der Waals surface area contributed by atoms with Crippen LogP contribution in [0.5, 0.6) is 0 Å². The van der Waals surface area contributed by atoms with E-state index in [9.17, 15) is 10.1 Å². The van der Waals surface area contributed by atoms with Gasteiger partial charge in [0.05, 0.1) is 5.56 Å². The predicted octanol–water partition coefficient (Wildman–Crippen LogP) is 3.14. The second-order valence-corrected chi connectivity index (χ2v) is 5.56. The summed E-state index contributed by atoms with van der Waals surface area (Å²) >= 11 is 0. The fourth-order valence-corrected chi connectivity index (χ4v) is 2.58. The lowest BCUT2D eigenvalue weighted by Crippen LogP contribution is -2.26. The van der Waals surface area contributed by atoms with Gasteiger partial charge in [0, 0.05) is 23.6 Å². The number of para-hydroxylation sites is 1. The van der Waals surface area contributed by atoms with Crippen LogP contribution in [-0.4, -0.2) is 10.5 Å². The molecule has 0 fully saturated rings. The second kappa shape index (κ2) is 6.37. The van der Waals surface area contributed by atoms with Crippen LogP contribution in [0.3, 0.4) is 0 Å². The first-order valence-corrected chi connectivity index (χ1v) is 7.47. The third-order valence-corrected chi connectivity index (χ3v) is 3.83. The number of nitrogens with one attached hydrogen (secondary N) is 1. The largest absolute Gasteiger partial charge is 0.350 e. The van der Waals surface area contributed by atoms with E-state index in [2.05, 4.69) is 11.4 Å². The normalized spacial score (nSPS) is 10.4. The highest BCUT2D eigenvalue weighted by Gasteiger charge is 2.10. The quantitative estimate of drug-likeness (QED) is 0.805. The average molecular weight is 303 g/mol. The molecular formula is C19H17N3O. The minimum Gasteiger partial charge on any atom is -0.350 e. The van der Waals surface area contributed by atoms with E-state index in [4.69, 9.17) is 0 Å². The molecule has 0 bridgehead atoms. The highest BCUT2D eigenvalue weighted by atomic mass is 16.1. The number of nitrogens with zero attached hydrogens (tertiary/aromatic N) is 2. The van der Waals surface area contributed by atoms with Crippen LogP contribution in [0.25, 0.3) is 10.9 Å². The van der Waals surface area contributed by atoms with Gasteiger partial charge in [0.2, 0.25) is 5.91 Å². The maximum absolute atomic E-state index is 12.2. The molecule has 4 heteroatoms. The number of amides is 1. The molecule has 3 rings (SSSR count). The van der Waals surface area contributed by atoms with Gasteiger partial charge in [-0.15, -0.1) is 0 Å². The zero-order valence-corrected chi connectivity index (χ0v) is 12.9. The molecule has 1 amide bonds. The molecule has 0 aliphatic carbocycles. The number of nitriles is 1. The van der Waals surface area contributed by atoms with Crippen molar-refractivity contribution in [3.63, 3.8) is 0 Å². The Hall–Kier alpha value is -3.06. The molecule has 114 valence electrons. The van der Waals surface area contributed by atoms with E-state index in [1.54, 1.807) is 6.20 Å². The molecule has 0 saturated carbocycles. The molecule has 0 radical (unpaired) electrons. The van der Waals surface area contributed by atoms with Gasteiger partial charge in [0.15, 0.2) is 0 Å². The molecule has 0 aliphatic rings. The highest BCUT2D eigenvalue weighted by molar-refractivity contribution is 5.88. The van der Waals surface area contributed by atoms with E-state index >= 15 is 0 Å². The average Bonchev–Trinajstić information content (AvgIpc) is 2.92. The van der Waals surface area contributed by atoms with Crippen LogP contribution in [0.4, 0.5) is 0 Å². The summed E-state index contributed by atoms with van der Waals surface area (Å²) in [5.74, 6) is -0.0733. The van der Waals surface area contributed by atoms with Crippen LogP contribution in [0.2, 0.25) is 0 Å².